The van der Waals surface area contributed by atoms with Crippen molar-refractivity contribution >= 4 is 40.1 Å². The van der Waals surface area contributed by atoms with Gasteiger partial charge in [-0.2, -0.15) is 0 Å². The van der Waals surface area contributed by atoms with Crippen molar-refractivity contribution in [2.45, 2.75) is 18.2 Å². The molecule has 0 saturated carbocycles. The molecule has 0 radical (unpaired) electrons. The fourth-order valence-corrected chi connectivity index (χ4v) is 4.24. The number of para-hydroxylation sites is 1. The summed E-state index contributed by atoms with van der Waals surface area (Å²) >= 11 is 1.51. The SMILES string of the molecule is CO.Cc1[nH]c2ccccc2c1CCNSc1cccc(C(=O)Nc2cccc(NO)c2)c1. The number of benzene rings is 3. The predicted molar refractivity (Wildman–Crippen MR) is 135 cm³/mol. The molecule has 3 aromatic carbocycles. The van der Waals surface area contributed by atoms with E-state index in [1.165, 1.54) is 34.1 Å². The zero-order chi connectivity index (χ0) is 23.6. The van der Waals surface area contributed by atoms with Crippen molar-refractivity contribution in [2.24, 2.45) is 0 Å². The third-order valence-electron chi connectivity index (χ3n) is 5.04. The van der Waals surface area contributed by atoms with Crippen LogP contribution in [0.4, 0.5) is 11.4 Å². The maximum absolute atomic E-state index is 12.6. The number of aliphatic hydroxyl groups is 1. The van der Waals surface area contributed by atoms with Crippen molar-refractivity contribution in [3.05, 3.63) is 89.6 Å². The number of aromatic amines is 1. The molecule has 1 heterocycles. The zero-order valence-corrected chi connectivity index (χ0v) is 19.4. The van der Waals surface area contributed by atoms with Crippen molar-refractivity contribution < 1.29 is 15.1 Å². The number of carbonyl (C=O) groups excluding carboxylic acids is 1. The summed E-state index contributed by atoms with van der Waals surface area (Å²) in [6, 6.07) is 22.7. The Morgan fingerprint density at radius 3 is 2.55 bits per heavy atom. The summed E-state index contributed by atoms with van der Waals surface area (Å²) in [6.07, 6.45) is 0.915. The van der Waals surface area contributed by atoms with E-state index in [9.17, 15) is 4.79 Å². The van der Waals surface area contributed by atoms with Gasteiger partial charge in [-0.15, -0.1) is 0 Å². The number of aliphatic hydroxyl groups excluding tert-OH is 1. The van der Waals surface area contributed by atoms with Crippen LogP contribution in [-0.2, 0) is 6.42 Å². The van der Waals surface area contributed by atoms with Gasteiger partial charge in [-0.05, 0) is 73.3 Å². The van der Waals surface area contributed by atoms with Crippen LogP contribution in [0.15, 0.2) is 77.7 Å². The highest BCUT2D eigenvalue weighted by Crippen LogP contribution is 2.23. The van der Waals surface area contributed by atoms with Gasteiger partial charge in [0, 0.05) is 46.4 Å². The van der Waals surface area contributed by atoms with Gasteiger partial charge in [0.05, 0.1) is 5.69 Å². The van der Waals surface area contributed by atoms with E-state index >= 15 is 0 Å². The third-order valence-corrected chi connectivity index (χ3v) is 5.88. The van der Waals surface area contributed by atoms with Gasteiger partial charge in [0.25, 0.3) is 5.91 Å². The van der Waals surface area contributed by atoms with Gasteiger partial charge in [-0.1, -0.05) is 30.3 Å². The summed E-state index contributed by atoms with van der Waals surface area (Å²) < 4.78 is 3.40. The Morgan fingerprint density at radius 2 is 1.73 bits per heavy atom. The van der Waals surface area contributed by atoms with Gasteiger partial charge in [-0.25, -0.2) is 0 Å². The van der Waals surface area contributed by atoms with Gasteiger partial charge in [-0.3, -0.25) is 20.2 Å². The van der Waals surface area contributed by atoms with Crippen molar-refractivity contribution in [3.63, 3.8) is 0 Å². The first kappa shape index (κ1) is 24.3. The van der Waals surface area contributed by atoms with E-state index in [1.54, 1.807) is 30.3 Å². The number of aromatic nitrogens is 1. The molecule has 4 rings (SSSR count). The highest BCUT2D eigenvalue weighted by molar-refractivity contribution is 7.97. The van der Waals surface area contributed by atoms with E-state index < -0.39 is 0 Å². The van der Waals surface area contributed by atoms with E-state index in [0.29, 0.717) is 16.9 Å². The first-order valence-corrected chi connectivity index (χ1v) is 11.3. The molecule has 0 unspecified atom stereocenters. The lowest BCUT2D eigenvalue weighted by atomic mass is 10.1. The first-order valence-electron chi connectivity index (χ1n) is 10.5. The summed E-state index contributed by atoms with van der Waals surface area (Å²) in [5.41, 5.74) is 7.46. The lowest BCUT2D eigenvalue weighted by Gasteiger charge is -2.09. The van der Waals surface area contributed by atoms with Gasteiger partial charge in [0.15, 0.2) is 0 Å². The third kappa shape index (κ3) is 6.36. The van der Waals surface area contributed by atoms with E-state index in [1.807, 2.05) is 24.3 Å². The second-order valence-electron chi connectivity index (χ2n) is 7.20. The van der Waals surface area contributed by atoms with E-state index in [4.69, 9.17) is 10.3 Å². The lowest BCUT2D eigenvalue weighted by molar-refractivity contribution is 0.102. The Balaban J connectivity index is 0.00000149. The van der Waals surface area contributed by atoms with Crippen LogP contribution in [0.25, 0.3) is 10.9 Å². The molecule has 0 atom stereocenters. The molecule has 0 saturated heterocycles. The fraction of sp³-hybridized carbons (Fsp3) is 0.160. The second-order valence-corrected chi connectivity index (χ2v) is 8.16. The molecule has 6 N–H and O–H groups in total. The highest BCUT2D eigenvalue weighted by Gasteiger charge is 2.09. The molecule has 1 aromatic heterocycles. The Morgan fingerprint density at radius 1 is 0.970 bits per heavy atom. The van der Waals surface area contributed by atoms with Gasteiger partial charge in [0.1, 0.15) is 0 Å². The second kappa shape index (κ2) is 12.1. The average Bonchev–Trinajstić information content (AvgIpc) is 3.18. The molecule has 7 nitrogen and oxygen atoms in total. The molecule has 1 amide bonds. The quantitative estimate of drug-likeness (QED) is 0.125. The van der Waals surface area contributed by atoms with Crippen molar-refractivity contribution in [2.75, 3.05) is 24.5 Å². The number of H-pyrrole nitrogens is 1. The number of hydrogen-bond acceptors (Lipinski definition) is 6. The molecule has 4 aromatic rings. The maximum atomic E-state index is 12.6. The Labute approximate surface area is 197 Å². The number of fused-ring (bicyclic) bond motifs is 1. The fourth-order valence-electron chi connectivity index (χ4n) is 3.54. The molecule has 0 aliphatic rings. The molecule has 33 heavy (non-hydrogen) atoms. The molecular formula is C25H28N4O3S. The number of amides is 1. The number of nitrogens with one attached hydrogen (secondary N) is 4. The monoisotopic (exact) mass is 464 g/mol. The molecular weight excluding hydrogens is 436 g/mol. The molecule has 0 aliphatic heterocycles. The topological polar surface area (TPSA) is 109 Å². The van der Waals surface area contributed by atoms with Gasteiger partial charge in [0.2, 0.25) is 0 Å². The molecule has 8 heteroatoms. The molecule has 172 valence electrons. The predicted octanol–water partition coefficient (Wildman–Crippen LogP) is 4.98. The van der Waals surface area contributed by atoms with Gasteiger partial charge >= 0.3 is 0 Å². The van der Waals surface area contributed by atoms with E-state index in [-0.39, 0.29) is 5.91 Å². The van der Waals surface area contributed by atoms with Crippen molar-refractivity contribution in [3.8, 4) is 0 Å². The summed E-state index contributed by atoms with van der Waals surface area (Å²) in [4.78, 5) is 17.0. The Kier molecular flexibility index (Phi) is 8.91. The van der Waals surface area contributed by atoms with Crippen LogP contribution in [0, 0.1) is 6.92 Å². The summed E-state index contributed by atoms with van der Waals surface area (Å²) in [5.74, 6) is -0.202. The van der Waals surface area contributed by atoms with Crippen LogP contribution < -0.4 is 15.5 Å². The number of aryl methyl sites for hydroxylation is 1. The van der Waals surface area contributed by atoms with E-state index in [2.05, 4.69) is 45.6 Å². The van der Waals surface area contributed by atoms with Crippen LogP contribution in [0.5, 0.6) is 0 Å². The maximum Gasteiger partial charge on any atom is 0.255 e. The highest BCUT2D eigenvalue weighted by atomic mass is 32.2. The lowest BCUT2D eigenvalue weighted by Crippen LogP contribution is -2.12. The summed E-state index contributed by atoms with van der Waals surface area (Å²) in [6.45, 7) is 2.92. The minimum Gasteiger partial charge on any atom is -0.400 e. The van der Waals surface area contributed by atoms with Crippen LogP contribution >= 0.6 is 11.9 Å². The van der Waals surface area contributed by atoms with Gasteiger partial charge < -0.3 is 15.4 Å². The van der Waals surface area contributed by atoms with E-state index in [0.717, 1.165) is 25.0 Å². The van der Waals surface area contributed by atoms with Crippen molar-refractivity contribution in [1.82, 2.24) is 9.71 Å². The smallest absolute Gasteiger partial charge is 0.255 e. The molecule has 0 spiro atoms. The van der Waals surface area contributed by atoms with Crippen molar-refractivity contribution in [1.29, 1.82) is 0 Å². The standard InChI is InChI=1S/C24H24N4O2S.CH4O/c1-16-21(22-10-2-3-11-23(22)26-16)12-13-25-31-20-9-4-6-17(14-20)24(29)27-18-7-5-8-19(15-18)28-30;1-2/h2-11,14-15,25-26,28,30H,12-13H2,1H3,(H,27,29);2H,1H3. The minimum atomic E-state index is -0.202. The van der Waals surface area contributed by atoms with Crippen LogP contribution in [-0.4, -0.2) is 34.9 Å². The normalized spacial score (nSPS) is 10.4. The van der Waals surface area contributed by atoms with Crippen LogP contribution in [0.3, 0.4) is 0 Å². The molecule has 0 aliphatic carbocycles. The van der Waals surface area contributed by atoms with Crippen LogP contribution in [0.1, 0.15) is 21.6 Å². The Hall–Kier alpha value is -3.30. The Bertz CT molecular complexity index is 1210. The number of rotatable bonds is 8. The number of carbonyl (C=O) groups is 1. The van der Waals surface area contributed by atoms with Crippen LogP contribution in [0.2, 0.25) is 0 Å². The summed E-state index contributed by atoms with van der Waals surface area (Å²) in [7, 11) is 1.00. The molecule has 0 bridgehead atoms. The first-order chi connectivity index (χ1) is 16.1. The number of anilines is 2. The average molecular weight is 465 g/mol. The molecule has 0 fully saturated rings. The number of hydrogen-bond donors (Lipinski definition) is 6. The summed E-state index contributed by atoms with van der Waals surface area (Å²) in [5, 5.41) is 20.1. The minimum absolute atomic E-state index is 0.202. The largest absolute Gasteiger partial charge is 0.400 e. The zero-order valence-electron chi connectivity index (χ0n) is 18.6.